The molecule has 3 N–H and O–H groups in total. The number of hydrogen-bond acceptors (Lipinski definition) is 5. The monoisotopic (exact) mass is 297 g/mol. The zero-order chi connectivity index (χ0) is 14.8. The van der Waals surface area contributed by atoms with Crippen molar-refractivity contribution < 1.29 is 9.90 Å². The molecule has 0 aliphatic rings. The zero-order valence-corrected chi connectivity index (χ0v) is 11.7. The first-order valence-electron chi connectivity index (χ1n) is 6.16. The number of carbonyl (C=O) groups is 1. The van der Waals surface area contributed by atoms with Crippen molar-refractivity contribution in [3.63, 3.8) is 0 Å². The topological polar surface area (TPSA) is 89.1 Å². The van der Waals surface area contributed by atoms with Crippen LogP contribution in [-0.4, -0.2) is 21.0 Å². The number of benzene rings is 1. The highest BCUT2D eigenvalue weighted by atomic mass is 32.1. The van der Waals surface area contributed by atoms with Crippen LogP contribution in [0, 0.1) is 0 Å². The van der Waals surface area contributed by atoms with Gasteiger partial charge in [-0.1, -0.05) is 18.2 Å². The quantitative estimate of drug-likeness (QED) is 0.725. The van der Waals surface area contributed by atoms with Crippen LogP contribution in [-0.2, 0) is 0 Å². The van der Waals surface area contributed by atoms with Crippen LogP contribution in [0.4, 0.5) is 5.69 Å². The van der Waals surface area contributed by atoms with Crippen molar-refractivity contribution in [1.82, 2.24) is 9.97 Å². The third-order valence-corrected chi connectivity index (χ3v) is 3.93. The normalized spacial score (nSPS) is 10.5. The van der Waals surface area contributed by atoms with Crippen LogP contribution in [0.2, 0.25) is 0 Å². The Morgan fingerprint density at radius 3 is 2.71 bits per heavy atom. The van der Waals surface area contributed by atoms with Crippen molar-refractivity contribution >= 4 is 23.0 Å². The average molecular weight is 297 g/mol. The molecule has 21 heavy (non-hydrogen) atoms. The van der Waals surface area contributed by atoms with Gasteiger partial charge in [0.2, 0.25) is 0 Å². The summed E-state index contributed by atoms with van der Waals surface area (Å²) in [4.78, 5) is 20.3. The molecule has 2 heterocycles. The van der Waals surface area contributed by atoms with Crippen LogP contribution in [0.3, 0.4) is 0 Å². The molecule has 0 aliphatic carbocycles. The maximum atomic E-state index is 11.4. The summed E-state index contributed by atoms with van der Waals surface area (Å²) in [5, 5.41) is 9.95. The van der Waals surface area contributed by atoms with Gasteiger partial charge in [-0.05, 0) is 24.3 Å². The summed E-state index contributed by atoms with van der Waals surface area (Å²) in [6.45, 7) is 0. The summed E-state index contributed by atoms with van der Waals surface area (Å²) in [5.41, 5.74) is 8.08. The average Bonchev–Trinajstić information content (AvgIpc) is 2.93. The number of thiazole rings is 1. The van der Waals surface area contributed by atoms with Crippen molar-refractivity contribution in [2.75, 3.05) is 5.73 Å². The van der Waals surface area contributed by atoms with Gasteiger partial charge in [0.05, 0.1) is 11.4 Å². The first-order chi connectivity index (χ1) is 10.1. The van der Waals surface area contributed by atoms with Crippen LogP contribution in [0.25, 0.3) is 22.0 Å². The lowest BCUT2D eigenvalue weighted by Gasteiger charge is -2.00. The number of aromatic nitrogens is 2. The fourth-order valence-electron chi connectivity index (χ4n) is 1.95. The second-order valence-corrected chi connectivity index (χ2v) is 5.34. The summed E-state index contributed by atoms with van der Waals surface area (Å²) in [6.07, 6.45) is 1.65. The molecular formula is C15H11N3O2S. The van der Waals surface area contributed by atoms with E-state index in [9.17, 15) is 9.90 Å². The van der Waals surface area contributed by atoms with Crippen LogP contribution >= 0.6 is 11.3 Å². The molecule has 0 unspecified atom stereocenters. The van der Waals surface area contributed by atoms with Gasteiger partial charge in [0.15, 0.2) is 0 Å². The maximum absolute atomic E-state index is 11.4. The molecule has 0 bridgehead atoms. The summed E-state index contributed by atoms with van der Waals surface area (Å²) in [5.74, 6) is -1.01. The summed E-state index contributed by atoms with van der Waals surface area (Å²) < 4.78 is 0. The highest BCUT2D eigenvalue weighted by Crippen LogP contribution is 2.33. The number of carboxylic acids is 1. The summed E-state index contributed by atoms with van der Waals surface area (Å²) >= 11 is 1.11. The van der Waals surface area contributed by atoms with Crippen LogP contribution in [0.5, 0.6) is 0 Å². The van der Waals surface area contributed by atoms with Crippen molar-refractivity contribution in [2.24, 2.45) is 0 Å². The Kier molecular flexibility index (Phi) is 3.37. The van der Waals surface area contributed by atoms with Crippen molar-refractivity contribution in [2.45, 2.75) is 0 Å². The molecule has 0 fully saturated rings. The smallest absolute Gasteiger partial charge is 0.348 e. The van der Waals surface area contributed by atoms with Gasteiger partial charge in [-0.2, -0.15) is 0 Å². The number of anilines is 1. The first kappa shape index (κ1) is 13.3. The van der Waals surface area contributed by atoms with Gasteiger partial charge in [0.1, 0.15) is 9.88 Å². The first-order valence-corrected chi connectivity index (χ1v) is 6.98. The van der Waals surface area contributed by atoms with Gasteiger partial charge < -0.3 is 10.8 Å². The Labute approximate surface area is 124 Å². The maximum Gasteiger partial charge on any atom is 0.348 e. The molecule has 5 nitrogen and oxygen atoms in total. The number of nitrogens with zero attached hydrogens (tertiary/aromatic N) is 2. The molecule has 0 saturated carbocycles. The van der Waals surface area contributed by atoms with Gasteiger partial charge in [-0.3, -0.25) is 4.98 Å². The molecule has 2 aromatic heterocycles. The summed E-state index contributed by atoms with van der Waals surface area (Å²) in [7, 11) is 0. The lowest BCUT2D eigenvalue weighted by Crippen LogP contribution is -1.96. The largest absolute Gasteiger partial charge is 0.477 e. The van der Waals surface area contributed by atoms with Gasteiger partial charge in [-0.25, -0.2) is 9.78 Å². The molecule has 0 atom stereocenters. The predicted octanol–water partition coefficient (Wildman–Crippen LogP) is 3.15. The predicted molar refractivity (Wildman–Crippen MR) is 82.2 cm³/mol. The van der Waals surface area contributed by atoms with Gasteiger partial charge in [0.25, 0.3) is 0 Å². The van der Waals surface area contributed by atoms with E-state index >= 15 is 0 Å². The second-order valence-electron chi connectivity index (χ2n) is 4.34. The Morgan fingerprint density at radius 1 is 1.19 bits per heavy atom. The highest BCUT2D eigenvalue weighted by Gasteiger charge is 2.20. The van der Waals surface area contributed by atoms with Gasteiger partial charge in [-0.15, -0.1) is 11.3 Å². The molecule has 104 valence electrons. The lowest BCUT2D eigenvalue weighted by atomic mass is 10.1. The lowest BCUT2D eigenvalue weighted by molar-refractivity contribution is 0.0702. The fourth-order valence-corrected chi connectivity index (χ4v) is 2.85. The number of carboxylic acid groups (broad SMARTS) is 1. The number of aromatic carboxylic acids is 1. The van der Waals surface area contributed by atoms with E-state index in [-0.39, 0.29) is 4.88 Å². The molecule has 3 rings (SSSR count). The van der Waals surface area contributed by atoms with E-state index in [1.807, 2.05) is 6.07 Å². The van der Waals surface area contributed by atoms with E-state index in [4.69, 9.17) is 5.73 Å². The molecule has 3 aromatic rings. The van der Waals surface area contributed by atoms with Crippen LogP contribution in [0.15, 0.2) is 48.7 Å². The number of nitrogen functional groups attached to an aromatic ring is 1. The van der Waals surface area contributed by atoms with Crippen molar-refractivity contribution in [3.05, 3.63) is 53.5 Å². The Balaban J connectivity index is 2.16. The molecule has 0 radical (unpaired) electrons. The number of nitrogens with two attached hydrogens (primary N) is 1. The molecule has 6 heteroatoms. The van der Waals surface area contributed by atoms with Crippen molar-refractivity contribution in [1.29, 1.82) is 0 Å². The van der Waals surface area contributed by atoms with Gasteiger partial charge in [0, 0.05) is 17.4 Å². The van der Waals surface area contributed by atoms with Crippen LogP contribution in [0.1, 0.15) is 9.67 Å². The molecule has 1 aromatic carbocycles. The second kappa shape index (κ2) is 5.34. The Bertz CT molecular complexity index is 800. The zero-order valence-electron chi connectivity index (χ0n) is 10.9. The molecular weight excluding hydrogens is 286 g/mol. The third-order valence-electron chi connectivity index (χ3n) is 2.87. The Morgan fingerprint density at radius 2 is 2.05 bits per heavy atom. The van der Waals surface area contributed by atoms with Crippen molar-refractivity contribution in [3.8, 4) is 22.0 Å². The van der Waals surface area contributed by atoms with E-state index in [0.29, 0.717) is 27.6 Å². The number of pyridine rings is 1. The molecule has 0 aliphatic heterocycles. The minimum Gasteiger partial charge on any atom is -0.477 e. The van der Waals surface area contributed by atoms with E-state index in [0.717, 1.165) is 11.3 Å². The highest BCUT2D eigenvalue weighted by molar-refractivity contribution is 7.17. The minimum atomic E-state index is -1.01. The van der Waals surface area contributed by atoms with Gasteiger partial charge >= 0.3 is 5.97 Å². The Hall–Kier alpha value is -2.73. The number of hydrogen-bond donors (Lipinski definition) is 2. The fraction of sp³-hybridized carbons (Fsp3) is 0. The molecule has 0 saturated heterocycles. The van der Waals surface area contributed by atoms with E-state index in [2.05, 4.69) is 9.97 Å². The third kappa shape index (κ3) is 2.61. The van der Waals surface area contributed by atoms with E-state index < -0.39 is 5.97 Å². The van der Waals surface area contributed by atoms with Crippen LogP contribution < -0.4 is 5.73 Å². The van der Waals surface area contributed by atoms with E-state index in [1.54, 1.807) is 42.6 Å². The standard InChI is InChI=1S/C15H11N3O2S/c16-10-5-3-4-9(8-10)12-13(15(19)20)21-14(18-12)11-6-1-2-7-17-11/h1-8H,16H2,(H,19,20). The number of rotatable bonds is 3. The SMILES string of the molecule is Nc1cccc(-c2nc(-c3ccccn3)sc2C(=O)O)c1. The summed E-state index contributed by atoms with van der Waals surface area (Å²) in [6, 6.07) is 12.5. The molecule has 0 amide bonds. The molecule has 0 spiro atoms. The van der Waals surface area contributed by atoms with E-state index in [1.165, 1.54) is 0 Å². The minimum absolute atomic E-state index is 0.182.